The zero-order valence-electron chi connectivity index (χ0n) is 7.03. The molecule has 11 heavy (non-hydrogen) atoms. The highest BCUT2D eigenvalue weighted by Gasteiger charge is 2.33. The predicted octanol–water partition coefficient (Wildman–Crippen LogP) is -0.633. The fraction of sp³-hybridized carbons (Fsp3) is 1.00. The van der Waals surface area contributed by atoms with Crippen LogP contribution in [-0.2, 0) is 0 Å². The van der Waals surface area contributed by atoms with Gasteiger partial charge in [-0.15, -0.1) is 0 Å². The molecule has 64 valence electrons. The highest BCUT2D eigenvalue weighted by atomic mass is 16.3. The second kappa shape index (κ2) is 2.73. The molecule has 2 atom stereocenters. The van der Waals surface area contributed by atoms with Crippen LogP contribution in [0, 0.1) is 0 Å². The van der Waals surface area contributed by atoms with Gasteiger partial charge in [-0.25, -0.2) is 0 Å². The van der Waals surface area contributed by atoms with Gasteiger partial charge in [-0.1, -0.05) is 0 Å². The normalized spacial score (nSPS) is 40.9. The Morgan fingerprint density at radius 3 is 2.91 bits per heavy atom. The second-order valence-corrected chi connectivity index (χ2v) is 3.80. The first kappa shape index (κ1) is 7.53. The van der Waals surface area contributed by atoms with E-state index in [0.717, 1.165) is 32.6 Å². The minimum Gasteiger partial charge on any atom is -0.392 e. The van der Waals surface area contributed by atoms with Crippen molar-refractivity contribution in [1.82, 2.24) is 9.80 Å². The summed E-state index contributed by atoms with van der Waals surface area (Å²) in [4.78, 5) is 4.75. The predicted molar refractivity (Wildman–Crippen MR) is 43.5 cm³/mol. The topological polar surface area (TPSA) is 26.7 Å². The fourth-order valence-corrected chi connectivity index (χ4v) is 2.17. The van der Waals surface area contributed by atoms with E-state index in [1.54, 1.807) is 0 Å². The van der Waals surface area contributed by atoms with Gasteiger partial charge in [0.15, 0.2) is 0 Å². The molecule has 2 aliphatic rings. The number of hydrogen-bond donors (Lipinski definition) is 1. The zero-order chi connectivity index (χ0) is 7.84. The third-order valence-electron chi connectivity index (χ3n) is 2.80. The average molecular weight is 156 g/mol. The molecule has 0 aromatic heterocycles. The number of hydrogen-bond acceptors (Lipinski definition) is 3. The van der Waals surface area contributed by atoms with Crippen LogP contribution >= 0.6 is 0 Å². The van der Waals surface area contributed by atoms with Crippen LogP contribution in [0.15, 0.2) is 0 Å². The molecular formula is C8H16N2O. The standard InChI is InChI=1S/C8H16N2O/c1-9-2-3-10-6-8(11)4-7(10)5-9/h7-8,11H,2-6H2,1H3/t7-,8+/m0/s1. The number of aliphatic hydroxyl groups is 1. The highest BCUT2D eigenvalue weighted by Crippen LogP contribution is 2.20. The van der Waals surface area contributed by atoms with E-state index in [1.807, 2.05) is 0 Å². The largest absolute Gasteiger partial charge is 0.392 e. The molecule has 3 nitrogen and oxygen atoms in total. The van der Waals surface area contributed by atoms with Crippen molar-refractivity contribution in [3.8, 4) is 0 Å². The van der Waals surface area contributed by atoms with Crippen molar-refractivity contribution < 1.29 is 5.11 Å². The van der Waals surface area contributed by atoms with Gasteiger partial charge in [-0.05, 0) is 13.5 Å². The van der Waals surface area contributed by atoms with Crippen LogP contribution in [0.4, 0.5) is 0 Å². The van der Waals surface area contributed by atoms with Gasteiger partial charge in [-0.2, -0.15) is 0 Å². The van der Waals surface area contributed by atoms with Crippen molar-refractivity contribution in [2.45, 2.75) is 18.6 Å². The molecule has 2 rings (SSSR count). The van der Waals surface area contributed by atoms with Crippen LogP contribution in [0.5, 0.6) is 0 Å². The first-order valence-electron chi connectivity index (χ1n) is 4.36. The molecule has 2 aliphatic heterocycles. The van der Waals surface area contributed by atoms with Crippen molar-refractivity contribution in [3.05, 3.63) is 0 Å². The van der Waals surface area contributed by atoms with Gasteiger partial charge in [0.25, 0.3) is 0 Å². The highest BCUT2D eigenvalue weighted by molar-refractivity contribution is 4.89. The summed E-state index contributed by atoms with van der Waals surface area (Å²) in [6.45, 7) is 4.33. The number of aliphatic hydroxyl groups excluding tert-OH is 1. The lowest BCUT2D eigenvalue weighted by Crippen LogP contribution is -2.48. The summed E-state index contributed by atoms with van der Waals surface area (Å²) in [5.74, 6) is 0. The van der Waals surface area contributed by atoms with Crippen LogP contribution in [0.1, 0.15) is 6.42 Å². The van der Waals surface area contributed by atoms with Crippen LogP contribution in [0.25, 0.3) is 0 Å². The van der Waals surface area contributed by atoms with E-state index in [1.165, 1.54) is 0 Å². The second-order valence-electron chi connectivity index (χ2n) is 3.80. The van der Waals surface area contributed by atoms with Gasteiger partial charge in [-0.3, -0.25) is 4.90 Å². The van der Waals surface area contributed by atoms with Crippen molar-refractivity contribution in [2.24, 2.45) is 0 Å². The molecule has 2 heterocycles. The summed E-state index contributed by atoms with van der Waals surface area (Å²) >= 11 is 0. The fourth-order valence-electron chi connectivity index (χ4n) is 2.17. The maximum absolute atomic E-state index is 9.39. The lowest BCUT2D eigenvalue weighted by atomic mass is 10.1. The van der Waals surface area contributed by atoms with E-state index in [2.05, 4.69) is 16.8 Å². The molecule has 0 radical (unpaired) electrons. The molecule has 0 aromatic rings. The van der Waals surface area contributed by atoms with E-state index in [9.17, 15) is 5.11 Å². The minimum absolute atomic E-state index is 0.0634. The Morgan fingerprint density at radius 2 is 2.09 bits per heavy atom. The van der Waals surface area contributed by atoms with E-state index in [0.29, 0.717) is 6.04 Å². The summed E-state index contributed by atoms with van der Waals surface area (Å²) in [6.07, 6.45) is 0.913. The summed E-state index contributed by atoms with van der Waals surface area (Å²) in [5.41, 5.74) is 0. The van der Waals surface area contributed by atoms with Gasteiger partial charge in [0, 0.05) is 32.2 Å². The quantitative estimate of drug-likeness (QED) is 0.506. The molecule has 2 fully saturated rings. The summed E-state index contributed by atoms with van der Waals surface area (Å²) < 4.78 is 0. The Kier molecular flexibility index (Phi) is 1.87. The van der Waals surface area contributed by atoms with Gasteiger partial charge >= 0.3 is 0 Å². The molecule has 0 aliphatic carbocycles. The molecule has 0 spiro atoms. The van der Waals surface area contributed by atoms with Crippen LogP contribution in [0.2, 0.25) is 0 Å². The minimum atomic E-state index is -0.0634. The molecule has 0 amide bonds. The zero-order valence-corrected chi connectivity index (χ0v) is 7.03. The summed E-state index contributed by atoms with van der Waals surface area (Å²) in [7, 11) is 2.15. The Labute approximate surface area is 67.6 Å². The van der Waals surface area contributed by atoms with Crippen LogP contribution in [0.3, 0.4) is 0 Å². The number of nitrogens with zero attached hydrogens (tertiary/aromatic N) is 2. The lowest BCUT2D eigenvalue weighted by Gasteiger charge is -2.34. The van der Waals surface area contributed by atoms with Crippen molar-refractivity contribution >= 4 is 0 Å². The number of likely N-dealkylation sites (N-methyl/N-ethyl adjacent to an activating group) is 1. The number of rotatable bonds is 0. The van der Waals surface area contributed by atoms with Gasteiger partial charge in [0.2, 0.25) is 0 Å². The van der Waals surface area contributed by atoms with Gasteiger partial charge < -0.3 is 10.0 Å². The first-order valence-corrected chi connectivity index (χ1v) is 4.36. The van der Waals surface area contributed by atoms with Crippen molar-refractivity contribution in [3.63, 3.8) is 0 Å². The monoisotopic (exact) mass is 156 g/mol. The summed E-state index contributed by atoms with van der Waals surface area (Å²) in [6, 6.07) is 0.628. The van der Waals surface area contributed by atoms with Crippen molar-refractivity contribution in [2.75, 3.05) is 33.2 Å². The molecule has 0 bridgehead atoms. The maximum Gasteiger partial charge on any atom is 0.0682 e. The van der Waals surface area contributed by atoms with Gasteiger partial charge in [0.05, 0.1) is 6.10 Å². The number of fused-ring (bicyclic) bond motifs is 1. The van der Waals surface area contributed by atoms with Crippen LogP contribution in [-0.4, -0.2) is 60.3 Å². The molecule has 0 aromatic carbocycles. The average Bonchev–Trinajstić information content (AvgIpc) is 2.27. The van der Waals surface area contributed by atoms with E-state index >= 15 is 0 Å². The smallest absolute Gasteiger partial charge is 0.0682 e. The molecule has 2 saturated heterocycles. The summed E-state index contributed by atoms with van der Waals surface area (Å²) in [5, 5.41) is 9.39. The van der Waals surface area contributed by atoms with Gasteiger partial charge in [0.1, 0.15) is 0 Å². The molecule has 1 N–H and O–H groups in total. The van der Waals surface area contributed by atoms with Crippen molar-refractivity contribution in [1.29, 1.82) is 0 Å². The molecule has 3 heteroatoms. The Morgan fingerprint density at radius 1 is 1.27 bits per heavy atom. The van der Waals surface area contributed by atoms with Crippen LogP contribution < -0.4 is 0 Å². The first-order chi connectivity index (χ1) is 5.25. The molecule has 0 saturated carbocycles. The SMILES string of the molecule is CN1CCN2C[C@H](O)C[C@H]2C1. The Hall–Kier alpha value is -0.120. The Balaban J connectivity index is 1.97. The van der Waals surface area contributed by atoms with E-state index in [-0.39, 0.29) is 6.10 Å². The molecule has 0 unspecified atom stereocenters. The third kappa shape index (κ3) is 1.41. The Bertz CT molecular complexity index is 151. The van der Waals surface area contributed by atoms with E-state index in [4.69, 9.17) is 0 Å². The maximum atomic E-state index is 9.39. The lowest BCUT2D eigenvalue weighted by molar-refractivity contribution is 0.120. The number of piperazine rings is 1. The third-order valence-corrected chi connectivity index (χ3v) is 2.80. The van der Waals surface area contributed by atoms with E-state index < -0.39 is 0 Å². The molecular weight excluding hydrogens is 140 g/mol.